The van der Waals surface area contributed by atoms with Crippen molar-refractivity contribution in [1.29, 1.82) is 0 Å². The van der Waals surface area contributed by atoms with E-state index in [9.17, 15) is 18.0 Å². The zero-order chi connectivity index (χ0) is 15.7. The van der Waals surface area contributed by atoms with Gasteiger partial charge in [0.15, 0.2) is 0 Å². The first-order valence-corrected chi connectivity index (χ1v) is 6.73. The van der Waals surface area contributed by atoms with Gasteiger partial charge in [0.1, 0.15) is 5.75 Å². The van der Waals surface area contributed by atoms with E-state index in [1.165, 1.54) is 24.3 Å². The standard InChI is InChI=1S/C14H19F3N2O2/c1-2-7-18-8-9-19-13(20)10-11-3-5-12(6-4-11)21-14(15,16)17/h3-6,18H,2,7-10H2,1H3,(H,19,20). The third kappa shape index (κ3) is 8.19. The molecule has 0 fully saturated rings. The Morgan fingerprint density at radius 2 is 1.81 bits per heavy atom. The number of ether oxygens (including phenoxy) is 1. The summed E-state index contributed by atoms with van der Waals surface area (Å²) in [4.78, 5) is 11.6. The molecule has 0 aromatic heterocycles. The van der Waals surface area contributed by atoms with Crippen LogP contribution < -0.4 is 15.4 Å². The fraction of sp³-hybridized carbons (Fsp3) is 0.500. The van der Waals surface area contributed by atoms with Crippen molar-refractivity contribution in [2.24, 2.45) is 0 Å². The monoisotopic (exact) mass is 304 g/mol. The van der Waals surface area contributed by atoms with Gasteiger partial charge in [-0.2, -0.15) is 0 Å². The Morgan fingerprint density at radius 1 is 1.14 bits per heavy atom. The van der Waals surface area contributed by atoms with E-state index in [1.54, 1.807) is 0 Å². The molecule has 0 bridgehead atoms. The van der Waals surface area contributed by atoms with Crippen molar-refractivity contribution >= 4 is 5.91 Å². The zero-order valence-electron chi connectivity index (χ0n) is 11.8. The Hall–Kier alpha value is -1.76. The maximum atomic E-state index is 12.0. The molecule has 0 aliphatic carbocycles. The van der Waals surface area contributed by atoms with Crippen LogP contribution in [-0.4, -0.2) is 31.9 Å². The van der Waals surface area contributed by atoms with E-state index >= 15 is 0 Å². The van der Waals surface area contributed by atoms with Crippen LogP contribution in [0.2, 0.25) is 0 Å². The predicted molar refractivity (Wildman–Crippen MR) is 73.0 cm³/mol. The van der Waals surface area contributed by atoms with Gasteiger partial charge in [0.05, 0.1) is 6.42 Å². The third-order valence-electron chi connectivity index (χ3n) is 2.57. The van der Waals surface area contributed by atoms with E-state index < -0.39 is 6.36 Å². The topological polar surface area (TPSA) is 50.4 Å². The second kappa shape index (κ2) is 8.51. The van der Waals surface area contributed by atoms with E-state index in [4.69, 9.17) is 0 Å². The summed E-state index contributed by atoms with van der Waals surface area (Å²) in [5.74, 6) is -0.465. The number of carbonyl (C=O) groups excluding carboxylic acids is 1. The first-order chi connectivity index (χ1) is 9.90. The molecule has 118 valence electrons. The molecule has 1 amide bonds. The molecular formula is C14H19F3N2O2. The lowest BCUT2D eigenvalue weighted by Crippen LogP contribution is -2.32. The normalized spacial score (nSPS) is 11.2. The summed E-state index contributed by atoms with van der Waals surface area (Å²) in [5.41, 5.74) is 0.628. The van der Waals surface area contributed by atoms with Crippen molar-refractivity contribution in [3.63, 3.8) is 0 Å². The maximum absolute atomic E-state index is 12.0. The minimum Gasteiger partial charge on any atom is -0.406 e. The van der Waals surface area contributed by atoms with Gasteiger partial charge in [-0.25, -0.2) is 0 Å². The highest BCUT2D eigenvalue weighted by Gasteiger charge is 2.30. The van der Waals surface area contributed by atoms with Crippen LogP contribution in [0.25, 0.3) is 0 Å². The van der Waals surface area contributed by atoms with E-state index in [-0.39, 0.29) is 18.1 Å². The molecular weight excluding hydrogens is 285 g/mol. The minimum absolute atomic E-state index is 0.125. The number of rotatable bonds is 8. The molecule has 0 heterocycles. The molecule has 1 aromatic carbocycles. The van der Waals surface area contributed by atoms with Gasteiger partial charge in [0.2, 0.25) is 5.91 Å². The van der Waals surface area contributed by atoms with Gasteiger partial charge in [-0.15, -0.1) is 13.2 Å². The quantitative estimate of drug-likeness (QED) is 0.724. The number of alkyl halides is 3. The van der Waals surface area contributed by atoms with Crippen molar-refractivity contribution in [1.82, 2.24) is 10.6 Å². The average molecular weight is 304 g/mol. The zero-order valence-corrected chi connectivity index (χ0v) is 11.8. The molecule has 21 heavy (non-hydrogen) atoms. The number of amides is 1. The Balaban J connectivity index is 2.33. The minimum atomic E-state index is -4.70. The second-order valence-electron chi connectivity index (χ2n) is 4.47. The molecule has 0 saturated carbocycles. The highest BCUT2D eigenvalue weighted by atomic mass is 19.4. The Kier molecular flexibility index (Phi) is 7.01. The van der Waals surface area contributed by atoms with Gasteiger partial charge in [-0.05, 0) is 30.7 Å². The van der Waals surface area contributed by atoms with Crippen LogP contribution in [0.4, 0.5) is 13.2 Å². The highest BCUT2D eigenvalue weighted by molar-refractivity contribution is 5.78. The van der Waals surface area contributed by atoms with Gasteiger partial charge in [0.25, 0.3) is 0 Å². The molecule has 0 radical (unpaired) electrons. The number of benzene rings is 1. The first-order valence-electron chi connectivity index (χ1n) is 6.73. The molecule has 2 N–H and O–H groups in total. The van der Waals surface area contributed by atoms with Crippen LogP contribution in [0, 0.1) is 0 Å². The van der Waals surface area contributed by atoms with E-state index in [2.05, 4.69) is 22.3 Å². The Morgan fingerprint density at radius 3 is 2.38 bits per heavy atom. The Bertz CT molecular complexity index is 433. The van der Waals surface area contributed by atoms with Crippen LogP contribution in [0.15, 0.2) is 24.3 Å². The second-order valence-corrected chi connectivity index (χ2v) is 4.47. The van der Waals surface area contributed by atoms with Crippen LogP contribution in [0.1, 0.15) is 18.9 Å². The summed E-state index contributed by atoms with van der Waals surface area (Å²) in [6.07, 6.45) is -3.55. The molecule has 0 spiro atoms. The van der Waals surface area contributed by atoms with E-state index in [0.717, 1.165) is 13.0 Å². The smallest absolute Gasteiger partial charge is 0.406 e. The van der Waals surface area contributed by atoms with Crippen molar-refractivity contribution in [2.75, 3.05) is 19.6 Å². The van der Waals surface area contributed by atoms with Crippen molar-refractivity contribution in [2.45, 2.75) is 26.1 Å². The molecule has 1 aromatic rings. The number of nitrogens with one attached hydrogen (secondary N) is 2. The van der Waals surface area contributed by atoms with Gasteiger partial charge >= 0.3 is 6.36 Å². The van der Waals surface area contributed by atoms with Crippen molar-refractivity contribution < 1.29 is 22.7 Å². The predicted octanol–water partition coefficient (Wildman–Crippen LogP) is 2.24. The van der Waals surface area contributed by atoms with Crippen LogP contribution in [-0.2, 0) is 11.2 Å². The summed E-state index contributed by atoms with van der Waals surface area (Å²) in [6.45, 7) is 4.17. The molecule has 1 rings (SSSR count). The average Bonchev–Trinajstić information content (AvgIpc) is 2.39. The van der Waals surface area contributed by atoms with Crippen LogP contribution >= 0.6 is 0 Å². The number of halogens is 3. The van der Waals surface area contributed by atoms with Crippen LogP contribution in [0.5, 0.6) is 5.75 Å². The summed E-state index contributed by atoms with van der Waals surface area (Å²) in [5, 5.41) is 5.88. The molecule has 7 heteroatoms. The van der Waals surface area contributed by atoms with E-state index in [0.29, 0.717) is 18.7 Å². The van der Waals surface area contributed by atoms with Gasteiger partial charge in [0, 0.05) is 13.1 Å². The lowest BCUT2D eigenvalue weighted by atomic mass is 10.1. The summed E-state index contributed by atoms with van der Waals surface area (Å²) in [6, 6.07) is 5.27. The molecule has 0 atom stereocenters. The fourth-order valence-electron chi connectivity index (χ4n) is 1.65. The SMILES string of the molecule is CCCNCCNC(=O)Cc1ccc(OC(F)(F)F)cc1. The van der Waals surface area contributed by atoms with Crippen LogP contribution in [0.3, 0.4) is 0 Å². The largest absolute Gasteiger partial charge is 0.573 e. The van der Waals surface area contributed by atoms with Gasteiger partial charge in [-0.1, -0.05) is 19.1 Å². The maximum Gasteiger partial charge on any atom is 0.573 e. The highest BCUT2D eigenvalue weighted by Crippen LogP contribution is 2.22. The number of carbonyl (C=O) groups is 1. The fourth-order valence-corrected chi connectivity index (χ4v) is 1.65. The van der Waals surface area contributed by atoms with Gasteiger partial charge in [-0.3, -0.25) is 4.79 Å². The molecule has 4 nitrogen and oxygen atoms in total. The van der Waals surface area contributed by atoms with Gasteiger partial charge < -0.3 is 15.4 Å². The molecule has 0 saturated heterocycles. The third-order valence-corrected chi connectivity index (χ3v) is 2.57. The lowest BCUT2D eigenvalue weighted by Gasteiger charge is -2.09. The first kappa shape index (κ1) is 17.3. The molecule has 0 aliphatic heterocycles. The summed E-state index contributed by atoms with van der Waals surface area (Å²) >= 11 is 0. The van der Waals surface area contributed by atoms with E-state index in [1.807, 2.05) is 0 Å². The van der Waals surface area contributed by atoms with Crippen molar-refractivity contribution in [3.05, 3.63) is 29.8 Å². The summed E-state index contributed by atoms with van der Waals surface area (Å²) in [7, 11) is 0. The Labute approximate surface area is 121 Å². The number of hydrogen-bond donors (Lipinski definition) is 2. The van der Waals surface area contributed by atoms with Crippen molar-refractivity contribution in [3.8, 4) is 5.75 Å². The number of hydrogen-bond acceptors (Lipinski definition) is 3. The lowest BCUT2D eigenvalue weighted by molar-refractivity contribution is -0.274. The molecule has 0 unspecified atom stereocenters. The summed E-state index contributed by atoms with van der Waals surface area (Å²) < 4.78 is 39.7. The molecule has 0 aliphatic rings.